The largest absolute Gasteiger partial charge is 0.485 e. The Morgan fingerprint density at radius 3 is 2.92 bits per heavy atom. The van der Waals surface area contributed by atoms with Crippen LogP contribution < -0.4 is 4.74 Å². The predicted octanol–water partition coefficient (Wildman–Crippen LogP) is 3.11. The molecule has 0 N–H and O–H groups in total. The first-order valence-electron chi connectivity index (χ1n) is 9.00. The van der Waals surface area contributed by atoms with Gasteiger partial charge >= 0.3 is 0 Å². The molecule has 136 valence electrons. The van der Waals surface area contributed by atoms with Gasteiger partial charge in [0.2, 0.25) is 11.7 Å². The molecule has 0 spiro atoms. The zero-order valence-electron chi connectivity index (χ0n) is 14.9. The maximum absolute atomic E-state index is 5.68. The molecule has 7 nitrogen and oxygen atoms in total. The van der Waals surface area contributed by atoms with E-state index in [2.05, 4.69) is 24.6 Å². The third kappa shape index (κ3) is 3.77. The summed E-state index contributed by atoms with van der Waals surface area (Å²) in [5.74, 6) is 3.08. The van der Waals surface area contributed by atoms with Crippen LogP contribution in [0.5, 0.6) is 5.75 Å². The van der Waals surface area contributed by atoms with E-state index in [1.54, 1.807) is 0 Å². The van der Waals surface area contributed by atoms with E-state index in [1.165, 1.54) is 12.8 Å². The summed E-state index contributed by atoms with van der Waals surface area (Å²) >= 11 is 0. The van der Waals surface area contributed by atoms with Crippen molar-refractivity contribution in [1.82, 2.24) is 24.6 Å². The lowest BCUT2D eigenvalue weighted by Crippen LogP contribution is -2.34. The summed E-state index contributed by atoms with van der Waals surface area (Å²) in [6.07, 6.45) is 7.34. The van der Waals surface area contributed by atoms with E-state index in [-0.39, 0.29) is 0 Å². The first kappa shape index (κ1) is 16.8. The second kappa shape index (κ2) is 7.70. The Balaban J connectivity index is 1.40. The molecule has 0 bridgehead atoms. The smallest absolute Gasteiger partial charge is 0.240 e. The SMILES string of the molecule is Cn1ccnc1[C@H]1CCCCN1Cc1nc(COc2ccccc2)no1. The van der Waals surface area contributed by atoms with Crippen LogP contribution in [0.15, 0.2) is 47.2 Å². The van der Waals surface area contributed by atoms with E-state index in [0.29, 0.717) is 30.9 Å². The summed E-state index contributed by atoms with van der Waals surface area (Å²) in [7, 11) is 2.04. The molecule has 4 rings (SSSR count). The molecule has 1 fully saturated rings. The second-order valence-corrected chi connectivity index (χ2v) is 6.58. The molecule has 1 aliphatic rings. The standard InChI is InChI=1S/C19H23N5O2/c1-23-12-10-20-19(23)16-9-5-6-11-24(16)13-18-21-17(22-26-18)14-25-15-7-3-2-4-8-15/h2-4,7-8,10,12,16H,5-6,9,11,13-14H2,1H3/t16-/m1/s1. The van der Waals surface area contributed by atoms with Gasteiger partial charge in [-0.05, 0) is 31.5 Å². The van der Waals surface area contributed by atoms with Crippen molar-refractivity contribution in [1.29, 1.82) is 0 Å². The van der Waals surface area contributed by atoms with Gasteiger partial charge in [0, 0.05) is 19.4 Å². The zero-order valence-corrected chi connectivity index (χ0v) is 14.9. The van der Waals surface area contributed by atoms with Gasteiger partial charge < -0.3 is 13.8 Å². The number of likely N-dealkylation sites (tertiary alicyclic amines) is 1. The second-order valence-electron chi connectivity index (χ2n) is 6.58. The van der Waals surface area contributed by atoms with Gasteiger partial charge in [0.15, 0.2) is 6.61 Å². The maximum atomic E-state index is 5.68. The Labute approximate surface area is 152 Å². The summed E-state index contributed by atoms with van der Waals surface area (Å²) in [6, 6.07) is 9.93. The van der Waals surface area contributed by atoms with Crippen LogP contribution >= 0.6 is 0 Å². The summed E-state index contributed by atoms with van der Waals surface area (Å²) in [4.78, 5) is 11.4. The normalized spacial score (nSPS) is 18.1. The number of rotatable bonds is 6. The van der Waals surface area contributed by atoms with E-state index in [4.69, 9.17) is 9.26 Å². The molecule has 3 aromatic rings. The van der Waals surface area contributed by atoms with Gasteiger partial charge in [0.25, 0.3) is 0 Å². The fourth-order valence-electron chi connectivity index (χ4n) is 3.42. The van der Waals surface area contributed by atoms with Crippen molar-refractivity contribution in [3.63, 3.8) is 0 Å². The summed E-state index contributed by atoms with van der Waals surface area (Å²) in [5, 5.41) is 4.04. The molecule has 26 heavy (non-hydrogen) atoms. The summed E-state index contributed by atoms with van der Waals surface area (Å²) in [6.45, 7) is 1.95. The van der Waals surface area contributed by atoms with Crippen molar-refractivity contribution < 1.29 is 9.26 Å². The number of aromatic nitrogens is 4. The number of hydrogen-bond acceptors (Lipinski definition) is 6. The van der Waals surface area contributed by atoms with Crippen LogP contribution in [0.4, 0.5) is 0 Å². The van der Waals surface area contributed by atoms with Crippen LogP contribution in [-0.2, 0) is 20.2 Å². The summed E-state index contributed by atoms with van der Waals surface area (Å²) < 4.78 is 13.2. The minimum Gasteiger partial charge on any atom is -0.485 e. The van der Waals surface area contributed by atoms with Gasteiger partial charge in [-0.3, -0.25) is 4.90 Å². The molecule has 7 heteroatoms. The first-order chi connectivity index (χ1) is 12.8. The van der Waals surface area contributed by atoms with E-state index >= 15 is 0 Å². The number of para-hydroxylation sites is 1. The van der Waals surface area contributed by atoms with Gasteiger partial charge in [0.05, 0.1) is 12.6 Å². The topological polar surface area (TPSA) is 69.2 Å². The van der Waals surface area contributed by atoms with Crippen LogP contribution in [0.1, 0.15) is 42.8 Å². The lowest BCUT2D eigenvalue weighted by molar-refractivity contribution is 0.116. The third-order valence-corrected chi connectivity index (χ3v) is 4.73. The molecule has 2 aromatic heterocycles. The molecule has 0 saturated carbocycles. The van der Waals surface area contributed by atoms with Crippen LogP contribution in [0.25, 0.3) is 0 Å². The van der Waals surface area contributed by atoms with Crippen molar-refractivity contribution in [2.45, 2.75) is 38.5 Å². The lowest BCUT2D eigenvalue weighted by Gasteiger charge is -2.34. The Kier molecular flexibility index (Phi) is 4.97. The molecule has 0 amide bonds. The van der Waals surface area contributed by atoms with Gasteiger partial charge in [-0.1, -0.05) is 29.8 Å². The van der Waals surface area contributed by atoms with Crippen molar-refractivity contribution in [2.75, 3.05) is 6.54 Å². The molecule has 1 aromatic carbocycles. The van der Waals surface area contributed by atoms with Gasteiger partial charge in [-0.2, -0.15) is 4.98 Å². The summed E-state index contributed by atoms with van der Waals surface area (Å²) in [5.41, 5.74) is 0. The monoisotopic (exact) mass is 353 g/mol. The van der Waals surface area contributed by atoms with E-state index in [1.807, 2.05) is 49.8 Å². The van der Waals surface area contributed by atoms with E-state index < -0.39 is 0 Å². The zero-order chi connectivity index (χ0) is 17.8. The van der Waals surface area contributed by atoms with E-state index in [9.17, 15) is 0 Å². The Morgan fingerprint density at radius 1 is 1.23 bits per heavy atom. The highest BCUT2D eigenvalue weighted by molar-refractivity contribution is 5.20. The Bertz CT molecular complexity index is 829. The molecule has 0 radical (unpaired) electrons. The van der Waals surface area contributed by atoms with Crippen LogP contribution in [0, 0.1) is 0 Å². The molecule has 1 atom stereocenters. The Morgan fingerprint density at radius 2 is 2.12 bits per heavy atom. The van der Waals surface area contributed by atoms with Gasteiger partial charge in [0.1, 0.15) is 11.6 Å². The van der Waals surface area contributed by atoms with Gasteiger partial charge in [-0.25, -0.2) is 4.98 Å². The highest BCUT2D eigenvalue weighted by Crippen LogP contribution is 2.30. The quantitative estimate of drug-likeness (QED) is 0.678. The van der Waals surface area contributed by atoms with Crippen molar-refractivity contribution >= 4 is 0 Å². The number of nitrogens with zero attached hydrogens (tertiary/aromatic N) is 5. The molecule has 1 aliphatic heterocycles. The number of imidazole rings is 1. The highest BCUT2D eigenvalue weighted by atomic mass is 16.5. The van der Waals surface area contributed by atoms with Crippen LogP contribution in [0.2, 0.25) is 0 Å². The predicted molar refractivity (Wildman–Crippen MR) is 95.3 cm³/mol. The average Bonchev–Trinajstić information content (AvgIpc) is 3.30. The minimum absolute atomic E-state index is 0.291. The van der Waals surface area contributed by atoms with Crippen LogP contribution in [0.3, 0.4) is 0 Å². The number of piperidine rings is 1. The van der Waals surface area contributed by atoms with Gasteiger partial charge in [-0.15, -0.1) is 0 Å². The molecule has 1 saturated heterocycles. The molecule has 0 unspecified atom stereocenters. The highest BCUT2D eigenvalue weighted by Gasteiger charge is 2.28. The van der Waals surface area contributed by atoms with Crippen molar-refractivity contribution in [2.24, 2.45) is 7.05 Å². The number of benzene rings is 1. The molecule has 3 heterocycles. The third-order valence-electron chi connectivity index (χ3n) is 4.73. The fourth-order valence-corrected chi connectivity index (χ4v) is 3.42. The van der Waals surface area contributed by atoms with Crippen LogP contribution in [-0.4, -0.2) is 31.1 Å². The number of ether oxygens (including phenoxy) is 1. The molecule has 0 aliphatic carbocycles. The van der Waals surface area contributed by atoms with E-state index in [0.717, 1.165) is 24.5 Å². The molecular formula is C19H23N5O2. The lowest BCUT2D eigenvalue weighted by atomic mass is 10.0. The average molecular weight is 353 g/mol. The van der Waals surface area contributed by atoms with Crippen molar-refractivity contribution in [3.05, 3.63) is 60.3 Å². The number of hydrogen-bond donors (Lipinski definition) is 0. The van der Waals surface area contributed by atoms with Crippen molar-refractivity contribution in [3.8, 4) is 5.75 Å². The molecular weight excluding hydrogens is 330 g/mol. The Hall–Kier alpha value is -2.67. The first-order valence-corrected chi connectivity index (χ1v) is 9.00. The maximum Gasteiger partial charge on any atom is 0.240 e. The minimum atomic E-state index is 0.291. The fraction of sp³-hybridized carbons (Fsp3) is 0.421. The number of aryl methyl sites for hydroxylation is 1.